The van der Waals surface area contributed by atoms with E-state index in [0.717, 1.165) is 37.2 Å². The second-order valence-corrected chi connectivity index (χ2v) is 7.28. The molecular formula is C19H19NO3S. The molecule has 0 radical (unpaired) electrons. The van der Waals surface area contributed by atoms with Crippen molar-refractivity contribution in [2.24, 2.45) is 0 Å². The van der Waals surface area contributed by atoms with Gasteiger partial charge in [-0.1, -0.05) is 5.57 Å². The number of nitrogens with zero attached hydrogens (tertiary/aromatic N) is 1. The number of ether oxygens (including phenoxy) is 1. The molecular weight excluding hydrogens is 322 g/mol. The average Bonchev–Trinajstić information content (AvgIpc) is 2.98. The maximum atomic E-state index is 11.4. The van der Waals surface area contributed by atoms with Gasteiger partial charge in [0.15, 0.2) is 0 Å². The summed E-state index contributed by atoms with van der Waals surface area (Å²) in [6, 6.07) is 7.30. The fourth-order valence-electron chi connectivity index (χ4n) is 3.42. The van der Waals surface area contributed by atoms with Crippen LogP contribution in [-0.4, -0.2) is 36.1 Å². The van der Waals surface area contributed by atoms with Crippen molar-refractivity contribution in [2.45, 2.75) is 19.4 Å². The number of hydrogen-bond donors (Lipinski definition) is 1. The number of thiophene rings is 1. The van der Waals surface area contributed by atoms with Gasteiger partial charge < -0.3 is 14.7 Å². The minimum absolute atomic E-state index is 0.309. The van der Waals surface area contributed by atoms with Crippen LogP contribution in [0.25, 0.3) is 5.57 Å². The molecule has 0 unspecified atom stereocenters. The zero-order chi connectivity index (χ0) is 16.7. The second kappa shape index (κ2) is 6.07. The lowest BCUT2D eigenvalue weighted by Crippen LogP contribution is -2.26. The fourth-order valence-corrected chi connectivity index (χ4v) is 4.44. The SMILES string of the molecule is CN1CCC(=C2c3cc(C(=O)O)ccc3OCc3ccsc32)CC1. The van der Waals surface area contributed by atoms with Gasteiger partial charge in [-0.3, -0.25) is 0 Å². The van der Waals surface area contributed by atoms with E-state index in [4.69, 9.17) is 4.74 Å². The lowest BCUT2D eigenvalue weighted by molar-refractivity contribution is 0.0697. The van der Waals surface area contributed by atoms with Gasteiger partial charge in [0, 0.05) is 34.7 Å². The number of hydrogen-bond acceptors (Lipinski definition) is 4. The molecule has 0 amide bonds. The zero-order valence-corrected chi connectivity index (χ0v) is 14.4. The molecule has 0 spiro atoms. The Balaban J connectivity index is 1.93. The first-order valence-corrected chi connectivity index (χ1v) is 8.99. The molecule has 1 fully saturated rings. The van der Waals surface area contributed by atoms with Crippen LogP contribution in [0.15, 0.2) is 35.2 Å². The molecule has 1 saturated heterocycles. The highest BCUT2D eigenvalue weighted by Gasteiger charge is 2.26. The van der Waals surface area contributed by atoms with Gasteiger partial charge in [-0.25, -0.2) is 4.79 Å². The van der Waals surface area contributed by atoms with Crippen LogP contribution < -0.4 is 4.74 Å². The van der Waals surface area contributed by atoms with Gasteiger partial charge in [0.25, 0.3) is 0 Å². The molecule has 124 valence electrons. The van der Waals surface area contributed by atoms with Crippen LogP contribution in [0.1, 0.15) is 39.2 Å². The van der Waals surface area contributed by atoms with E-state index in [1.807, 2.05) is 0 Å². The van der Waals surface area contributed by atoms with Crippen molar-refractivity contribution in [3.8, 4) is 5.75 Å². The highest BCUT2D eigenvalue weighted by Crippen LogP contribution is 2.43. The predicted octanol–water partition coefficient (Wildman–Crippen LogP) is 3.87. The van der Waals surface area contributed by atoms with Gasteiger partial charge in [0.05, 0.1) is 5.56 Å². The quantitative estimate of drug-likeness (QED) is 0.855. The number of carboxylic acids is 1. The Morgan fingerprint density at radius 2 is 2.04 bits per heavy atom. The molecule has 4 rings (SSSR count). The molecule has 0 saturated carbocycles. The smallest absolute Gasteiger partial charge is 0.335 e. The summed E-state index contributed by atoms with van der Waals surface area (Å²) in [5.41, 5.74) is 5.03. The largest absolute Gasteiger partial charge is 0.488 e. The third-order valence-corrected chi connectivity index (χ3v) is 5.77. The van der Waals surface area contributed by atoms with E-state index >= 15 is 0 Å². The number of benzene rings is 1. The number of carboxylic acid groups (broad SMARTS) is 1. The molecule has 2 aliphatic heterocycles. The molecule has 5 heteroatoms. The fraction of sp³-hybridized carbons (Fsp3) is 0.316. The Bertz CT molecular complexity index is 827. The highest BCUT2D eigenvalue weighted by molar-refractivity contribution is 7.11. The summed E-state index contributed by atoms with van der Waals surface area (Å²) in [4.78, 5) is 15.0. The van der Waals surface area contributed by atoms with Gasteiger partial charge in [-0.15, -0.1) is 11.3 Å². The molecule has 0 bridgehead atoms. The molecule has 1 aromatic heterocycles. The highest BCUT2D eigenvalue weighted by atomic mass is 32.1. The molecule has 4 nitrogen and oxygen atoms in total. The van der Waals surface area contributed by atoms with E-state index < -0.39 is 5.97 Å². The van der Waals surface area contributed by atoms with Gasteiger partial charge in [0.2, 0.25) is 0 Å². The van der Waals surface area contributed by atoms with Gasteiger partial charge in [-0.2, -0.15) is 0 Å². The van der Waals surface area contributed by atoms with Crippen molar-refractivity contribution >= 4 is 22.9 Å². The molecule has 2 aromatic rings. The van der Waals surface area contributed by atoms with Crippen LogP contribution in [0.3, 0.4) is 0 Å². The van der Waals surface area contributed by atoms with Crippen molar-refractivity contribution in [3.05, 3.63) is 56.8 Å². The van der Waals surface area contributed by atoms with Crippen molar-refractivity contribution < 1.29 is 14.6 Å². The van der Waals surface area contributed by atoms with Gasteiger partial charge >= 0.3 is 5.97 Å². The van der Waals surface area contributed by atoms with Crippen LogP contribution in [0.2, 0.25) is 0 Å². The summed E-state index contributed by atoms with van der Waals surface area (Å²) in [6.45, 7) is 2.61. The summed E-state index contributed by atoms with van der Waals surface area (Å²) in [5.74, 6) is -0.119. The van der Waals surface area contributed by atoms with Gasteiger partial charge in [0.1, 0.15) is 12.4 Å². The number of likely N-dealkylation sites (tertiary alicyclic amines) is 1. The van der Waals surface area contributed by atoms with Gasteiger partial charge in [-0.05, 0) is 49.5 Å². The predicted molar refractivity (Wildman–Crippen MR) is 94.8 cm³/mol. The first-order chi connectivity index (χ1) is 11.6. The van der Waals surface area contributed by atoms with E-state index in [1.54, 1.807) is 29.5 Å². The standard InChI is InChI=1S/C19H19NO3S/c1-20-7-4-12(5-8-20)17-15-10-13(19(21)22)2-3-16(15)23-11-14-6-9-24-18(14)17/h2-3,6,9-10H,4-5,7-8,11H2,1H3,(H,21,22). The molecule has 2 aliphatic rings. The van der Waals surface area contributed by atoms with Crippen molar-refractivity contribution in [3.63, 3.8) is 0 Å². The van der Waals surface area contributed by atoms with Crippen LogP contribution >= 0.6 is 11.3 Å². The van der Waals surface area contributed by atoms with Crippen molar-refractivity contribution in [1.82, 2.24) is 4.90 Å². The Labute approximate surface area is 145 Å². The maximum absolute atomic E-state index is 11.4. The van der Waals surface area contributed by atoms with Crippen molar-refractivity contribution in [2.75, 3.05) is 20.1 Å². The van der Waals surface area contributed by atoms with E-state index in [1.165, 1.54) is 21.6 Å². The van der Waals surface area contributed by atoms with Crippen LogP contribution in [0, 0.1) is 0 Å². The monoisotopic (exact) mass is 341 g/mol. The normalized spacial score (nSPS) is 17.7. The third kappa shape index (κ3) is 2.64. The molecule has 24 heavy (non-hydrogen) atoms. The van der Waals surface area contributed by atoms with Crippen molar-refractivity contribution in [1.29, 1.82) is 0 Å². The Hall–Kier alpha value is -2.11. The Morgan fingerprint density at radius 1 is 1.25 bits per heavy atom. The van der Waals surface area contributed by atoms with E-state index in [9.17, 15) is 9.90 Å². The minimum atomic E-state index is -0.902. The Morgan fingerprint density at radius 3 is 2.79 bits per heavy atom. The number of fused-ring (bicyclic) bond motifs is 2. The lowest BCUT2D eigenvalue weighted by atomic mass is 9.90. The van der Waals surface area contributed by atoms with E-state index in [2.05, 4.69) is 23.4 Å². The summed E-state index contributed by atoms with van der Waals surface area (Å²) in [7, 11) is 2.14. The zero-order valence-electron chi connectivity index (χ0n) is 13.5. The van der Waals surface area contributed by atoms with Crippen LogP contribution in [0.5, 0.6) is 5.75 Å². The molecule has 3 heterocycles. The summed E-state index contributed by atoms with van der Waals surface area (Å²) < 4.78 is 5.98. The van der Waals surface area contributed by atoms with E-state index in [-0.39, 0.29) is 0 Å². The second-order valence-electron chi connectivity index (χ2n) is 6.36. The topological polar surface area (TPSA) is 49.8 Å². The summed E-state index contributed by atoms with van der Waals surface area (Å²) in [6.07, 6.45) is 2.03. The van der Waals surface area contributed by atoms with Crippen LogP contribution in [0.4, 0.5) is 0 Å². The number of carbonyl (C=O) groups is 1. The summed E-state index contributed by atoms with van der Waals surface area (Å²) in [5, 5.41) is 11.5. The minimum Gasteiger partial charge on any atom is -0.488 e. The maximum Gasteiger partial charge on any atom is 0.335 e. The number of piperidine rings is 1. The first-order valence-electron chi connectivity index (χ1n) is 8.11. The molecule has 1 N–H and O–H groups in total. The molecule has 1 aromatic carbocycles. The first kappa shape index (κ1) is 15.4. The molecule has 0 atom stereocenters. The van der Waals surface area contributed by atoms with E-state index in [0.29, 0.717) is 12.2 Å². The summed E-state index contributed by atoms with van der Waals surface area (Å²) >= 11 is 1.72. The van der Waals surface area contributed by atoms with Crippen LogP contribution in [-0.2, 0) is 6.61 Å². The average molecular weight is 341 g/mol. The number of aromatic carboxylic acids is 1. The Kier molecular flexibility index (Phi) is 3.90. The number of rotatable bonds is 1. The third-order valence-electron chi connectivity index (χ3n) is 4.80. The molecule has 0 aliphatic carbocycles. The lowest BCUT2D eigenvalue weighted by Gasteiger charge is -2.26.